The molecule has 3 unspecified atom stereocenters. The van der Waals surface area contributed by atoms with Crippen LogP contribution in [0.5, 0.6) is 0 Å². The molecule has 1 aliphatic carbocycles. The minimum atomic E-state index is -0.0866. The Balaban J connectivity index is 1.99. The molecule has 20 heavy (non-hydrogen) atoms. The molecular weight excluding hydrogens is 248 g/mol. The van der Waals surface area contributed by atoms with Gasteiger partial charge in [-0.3, -0.25) is 4.79 Å². The Morgan fingerprint density at radius 1 is 1.25 bits per heavy atom. The van der Waals surface area contributed by atoms with Crippen LogP contribution < -0.4 is 0 Å². The van der Waals surface area contributed by atoms with Crippen molar-refractivity contribution in [1.29, 1.82) is 0 Å². The van der Waals surface area contributed by atoms with E-state index in [1.54, 1.807) is 0 Å². The molecule has 0 radical (unpaired) electrons. The second kappa shape index (κ2) is 5.59. The molecule has 0 N–H and O–H groups in total. The molecule has 1 saturated carbocycles. The molecule has 1 aromatic rings. The Bertz CT molecular complexity index is 466. The molecule has 2 heteroatoms. The van der Waals surface area contributed by atoms with E-state index in [2.05, 4.69) is 51.1 Å². The summed E-state index contributed by atoms with van der Waals surface area (Å²) < 4.78 is 5.48. The molecule has 2 nitrogen and oxygen atoms in total. The van der Waals surface area contributed by atoms with Crippen molar-refractivity contribution in [3.05, 3.63) is 35.9 Å². The molecule has 110 valence electrons. The van der Waals surface area contributed by atoms with Gasteiger partial charge in [-0.15, -0.1) is 0 Å². The molecule has 1 aromatic carbocycles. The number of rotatable bonds is 5. The SMILES string of the molecule is CC(C)C(=O)OCC1(C)C(C)C1[C@H](C)c1ccccc1. The molecule has 1 aliphatic rings. The lowest BCUT2D eigenvalue weighted by atomic mass is 9.91. The smallest absolute Gasteiger partial charge is 0.308 e. The van der Waals surface area contributed by atoms with Crippen LogP contribution in [0.4, 0.5) is 0 Å². The number of carbonyl (C=O) groups is 1. The van der Waals surface area contributed by atoms with Gasteiger partial charge in [-0.2, -0.15) is 0 Å². The lowest BCUT2D eigenvalue weighted by molar-refractivity contribution is -0.149. The minimum absolute atomic E-state index is 0.0438. The Labute approximate surface area is 122 Å². The summed E-state index contributed by atoms with van der Waals surface area (Å²) in [5.74, 6) is 1.56. The van der Waals surface area contributed by atoms with E-state index < -0.39 is 0 Å². The quantitative estimate of drug-likeness (QED) is 0.750. The summed E-state index contributed by atoms with van der Waals surface area (Å²) in [7, 11) is 0. The van der Waals surface area contributed by atoms with Gasteiger partial charge in [0.1, 0.15) is 0 Å². The third-order valence-corrected chi connectivity index (χ3v) is 5.09. The van der Waals surface area contributed by atoms with E-state index in [-0.39, 0.29) is 17.3 Å². The lowest BCUT2D eigenvalue weighted by Crippen LogP contribution is -2.19. The number of esters is 1. The molecule has 4 atom stereocenters. The van der Waals surface area contributed by atoms with E-state index in [4.69, 9.17) is 4.74 Å². The molecule has 2 rings (SSSR count). The fraction of sp³-hybridized carbons (Fsp3) is 0.611. The van der Waals surface area contributed by atoms with E-state index in [1.165, 1.54) is 5.56 Å². The van der Waals surface area contributed by atoms with Gasteiger partial charge in [0.25, 0.3) is 0 Å². The molecule has 0 spiro atoms. The van der Waals surface area contributed by atoms with Crippen molar-refractivity contribution in [3.8, 4) is 0 Å². The van der Waals surface area contributed by atoms with Crippen molar-refractivity contribution >= 4 is 5.97 Å². The second-order valence-corrected chi connectivity index (χ2v) is 6.78. The topological polar surface area (TPSA) is 26.3 Å². The van der Waals surface area contributed by atoms with Gasteiger partial charge in [-0.25, -0.2) is 0 Å². The van der Waals surface area contributed by atoms with Crippen LogP contribution in [0.15, 0.2) is 30.3 Å². The predicted octanol–water partition coefficient (Wildman–Crippen LogP) is 4.26. The average Bonchev–Trinajstić information content (AvgIpc) is 2.98. The van der Waals surface area contributed by atoms with Crippen LogP contribution in [0.25, 0.3) is 0 Å². The third kappa shape index (κ3) is 2.74. The van der Waals surface area contributed by atoms with Gasteiger partial charge in [0, 0.05) is 5.41 Å². The zero-order valence-corrected chi connectivity index (χ0v) is 13.2. The van der Waals surface area contributed by atoms with Gasteiger partial charge in [0.15, 0.2) is 0 Å². The second-order valence-electron chi connectivity index (χ2n) is 6.78. The Morgan fingerprint density at radius 2 is 1.85 bits per heavy atom. The first-order chi connectivity index (χ1) is 9.38. The van der Waals surface area contributed by atoms with E-state index in [0.717, 1.165) is 0 Å². The number of ether oxygens (including phenoxy) is 1. The summed E-state index contributed by atoms with van der Waals surface area (Å²) in [5.41, 5.74) is 1.50. The summed E-state index contributed by atoms with van der Waals surface area (Å²) in [6.07, 6.45) is 0. The minimum Gasteiger partial charge on any atom is -0.465 e. The van der Waals surface area contributed by atoms with Crippen LogP contribution >= 0.6 is 0 Å². The van der Waals surface area contributed by atoms with Gasteiger partial charge in [-0.1, -0.05) is 65.0 Å². The summed E-state index contributed by atoms with van der Waals surface area (Å²) in [6, 6.07) is 10.6. The number of hydrogen-bond acceptors (Lipinski definition) is 2. The molecule has 0 saturated heterocycles. The fourth-order valence-electron chi connectivity index (χ4n) is 3.43. The van der Waals surface area contributed by atoms with E-state index in [0.29, 0.717) is 24.4 Å². The Morgan fingerprint density at radius 3 is 2.40 bits per heavy atom. The largest absolute Gasteiger partial charge is 0.465 e. The lowest BCUT2D eigenvalue weighted by Gasteiger charge is -2.17. The standard InChI is InChI=1S/C18H26O2/c1-12(2)17(19)20-11-18(5)14(4)16(18)13(3)15-9-7-6-8-10-15/h6-10,12-14,16H,11H2,1-5H3/t13-,14?,16?,18?/m1/s1. The maximum Gasteiger partial charge on any atom is 0.308 e. The van der Waals surface area contributed by atoms with Crippen LogP contribution in [-0.4, -0.2) is 12.6 Å². The Hall–Kier alpha value is -1.31. The summed E-state index contributed by atoms with van der Waals surface area (Å²) in [6.45, 7) is 11.1. The highest BCUT2D eigenvalue weighted by atomic mass is 16.5. The van der Waals surface area contributed by atoms with Crippen molar-refractivity contribution in [2.75, 3.05) is 6.61 Å². The van der Waals surface area contributed by atoms with Crippen LogP contribution in [0.1, 0.15) is 46.1 Å². The Kier molecular flexibility index (Phi) is 4.22. The van der Waals surface area contributed by atoms with Crippen molar-refractivity contribution in [3.63, 3.8) is 0 Å². The molecular formula is C18H26O2. The highest BCUT2D eigenvalue weighted by Crippen LogP contribution is 2.64. The summed E-state index contributed by atoms with van der Waals surface area (Å²) >= 11 is 0. The normalized spacial score (nSPS) is 30.1. The maximum atomic E-state index is 11.6. The molecule has 0 bridgehead atoms. The van der Waals surface area contributed by atoms with Crippen molar-refractivity contribution in [2.24, 2.45) is 23.2 Å². The molecule has 0 heterocycles. The van der Waals surface area contributed by atoms with Crippen molar-refractivity contribution in [2.45, 2.75) is 40.5 Å². The highest BCUT2D eigenvalue weighted by Gasteiger charge is 2.61. The van der Waals surface area contributed by atoms with Crippen LogP contribution in [0.2, 0.25) is 0 Å². The molecule has 1 fully saturated rings. The molecule has 0 aromatic heterocycles. The van der Waals surface area contributed by atoms with Gasteiger partial charge < -0.3 is 4.74 Å². The predicted molar refractivity (Wildman–Crippen MR) is 81.4 cm³/mol. The van der Waals surface area contributed by atoms with Gasteiger partial charge in [0.2, 0.25) is 0 Å². The van der Waals surface area contributed by atoms with E-state index in [9.17, 15) is 4.79 Å². The van der Waals surface area contributed by atoms with E-state index in [1.807, 2.05) is 13.8 Å². The highest BCUT2D eigenvalue weighted by molar-refractivity contribution is 5.71. The third-order valence-electron chi connectivity index (χ3n) is 5.09. The van der Waals surface area contributed by atoms with Gasteiger partial charge in [0.05, 0.1) is 12.5 Å². The van der Waals surface area contributed by atoms with Gasteiger partial charge in [-0.05, 0) is 23.3 Å². The molecule has 0 amide bonds. The van der Waals surface area contributed by atoms with Crippen LogP contribution in [0.3, 0.4) is 0 Å². The number of hydrogen-bond donors (Lipinski definition) is 0. The number of carbonyl (C=O) groups excluding carboxylic acids is 1. The monoisotopic (exact) mass is 274 g/mol. The van der Waals surface area contributed by atoms with Crippen molar-refractivity contribution in [1.82, 2.24) is 0 Å². The first-order valence-corrected chi connectivity index (χ1v) is 7.59. The zero-order valence-electron chi connectivity index (χ0n) is 13.2. The summed E-state index contributed by atoms with van der Waals surface area (Å²) in [4.78, 5) is 11.6. The average molecular weight is 274 g/mol. The van der Waals surface area contributed by atoms with Crippen LogP contribution in [0, 0.1) is 23.2 Å². The van der Waals surface area contributed by atoms with Crippen LogP contribution in [-0.2, 0) is 9.53 Å². The van der Waals surface area contributed by atoms with E-state index >= 15 is 0 Å². The first-order valence-electron chi connectivity index (χ1n) is 7.59. The molecule has 0 aliphatic heterocycles. The number of benzene rings is 1. The maximum absolute atomic E-state index is 11.6. The van der Waals surface area contributed by atoms with Gasteiger partial charge >= 0.3 is 5.97 Å². The zero-order chi connectivity index (χ0) is 14.9. The summed E-state index contributed by atoms with van der Waals surface area (Å²) in [5, 5.41) is 0. The fourth-order valence-corrected chi connectivity index (χ4v) is 3.43. The van der Waals surface area contributed by atoms with Crippen molar-refractivity contribution < 1.29 is 9.53 Å². The first kappa shape index (κ1) is 15.1.